The summed E-state index contributed by atoms with van der Waals surface area (Å²) in [5, 5.41) is 17.9. The van der Waals surface area contributed by atoms with Gasteiger partial charge in [-0.2, -0.15) is 5.10 Å². The van der Waals surface area contributed by atoms with E-state index in [-0.39, 0.29) is 31.4 Å². The van der Waals surface area contributed by atoms with E-state index in [0.717, 1.165) is 17.0 Å². The highest BCUT2D eigenvalue weighted by Gasteiger charge is 2.35. The van der Waals surface area contributed by atoms with Crippen LogP contribution >= 0.6 is 0 Å². The first kappa shape index (κ1) is 19.4. The monoisotopic (exact) mass is 352 g/mol. The molecular weight excluding hydrogens is 324 g/mol. The van der Waals surface area contributed by atoms with Crippen molar-refractivity contribution in [1.29, 1.82) is 0 Å². The van der Waals surface area contributed by atoms with Gasteiger partial charge in [0, 0.05) is 25.7 Å². The third-order valence-electron chi connectivity index (χ3n) is 4.69. The normalized spacial score (nSPS) is 21.1. The molecular formula is C17H28N4O4. The zero-order valence-corrected chi connectivity index (χ0v) is 15.5. The predicted octanol–water partition coefficient (Wildman–Crippen LogP) is -0.0755. The molecule has 1 aliphatic rings. The lowest BCUT2D eigenvalue weighted by atomic mass is 9.99. The molecule has 0 aliphatic carbocycles. The number of nitrogens with zero attached hydrogens (tertiary/aromatic N) is 3. The summed E-state index contributed by atoms with van der Waals surface area (Å²) in [7, 11) is 0. The molecule has 8 nitrogen and oxygen atoms in total. The Bertz CT molecular complexity index is 643. The zero-order valence-electron chi connectivity index (χ0n) is 15.5. The molecule has 2 N–H and O–H groups in total. The van der Waals surface area contributed by atoms with Crippen LogP contribution in [-0.2, 0) is 20.9 Å². The van der Waals surface area contributed by atoms with Crippen LogP contribution in [0.5, 0.6) is 0 Å². The largest absolute Gasteiger partial charge is 0.385 e. The van der Waals surface area contributed by atoms with Crippen molar-refractivity contribution in [3.05, 3.63) is 17.0 Å². The predicted molar refractivity (Wildman–Crippen MR) is 92.1 cm³/mol. The first-order chi connectivity index (χ1) is 11.7. The van der Waals surface area contributed by atoms with Gasteiger partial charge in [0.1, 0.15) is 5.60 Å². The molecule has 0 aromatic carbocycles. The Balaban J connectivity index is 1.86. The summed E-state index contributed by atoms with van der Waals surface area (Å²) in [5.41, 5.74) is 1.86. The van der Waals surface area contributed by atoms with E-state index >= 15 is 0 Å². The number of carbonyl (C=O) groups is 2. The lowest BCUT2D eigenvalue weighted by Gasteiger charge is -2.29. The second-order valence-corrected chi connectivity index (χ2v) is 6.76. The Morgan fingerprint density at radius 2 is 2.08 bits per heavy atom. The number of hydrogen-bond acceptors (Lipinski definition) is 5. The van der Waals surface area contributed by atoms with E-state index in [4.69, 9.17) is 4.74 Å². The van der Waals surface area contributed by atoms with Gasteiger partial charge in [-0.1, -0.05) is 0 Å². The van der Waals surface area contributed by atoms with Crippen LogP contribution in [0.2, 0.25) is 0 Å². The molecule has 1 aliphatic heterocycles. The summed E-state index contributed by atoms with van der Waals surface area (Å²) in [6, 6.07) is 0. The topological polar surface area (TPSA) is 96.7 Å². The molecule has 8 heteroatoms. The maximum absolute atomic E-state index is 12.2. The van der Waals surface area contributed by atoms with E-state index in [1.54, 1.807) is 0 Å². The van der Waals surface area contributed by atoms with Crippen LogP contribution in [0.4, 0.5) is 0 Å². The van der Waals surface area contributed by atoms with Crippen molar-refractivity contribution in [2.24, 2.45) is 0 Å². The number of aryl methyl sites for hydroxylation is 1. The first-order valence-electron chi connectivity index (χ1n) is 8.55. The minimum atomic E-state index is -1.36. The van der Waals surface area contributed by atoms with Gasteiger partial charge in [0.25, 0.3) is 0 Å². The Hall–Kier alpha value is -1.93. The van der Waals surface area contributed by atoms with E-state index in [1.165, 1.54) is 11.8 Å². The summed E-state index contributed by atoms with van der Waals surface area (Å²) in [6.45, 7) is 9.36. The van der Waals surface area contributed by atoms with Gasteiger partial charge in [-0.05, 0) is 26.3 Å². The van der Waals surface area contributed by atoms with Crippen molar-refractivity contribution < 1.29 is 19.4 Å². The van der Waals surface area contributed by atoms with Gasteiger partial charge in [0.05, 0.1) is 38.4 Å². The van der Waals surface area contributed by atoms with Crippen molar-refractivity contribution in [3.63, 3.8) is 0 Å². The Morgan fingerprint density at radius 1 is 1.36 bits per heavy atom. The third kappa shape index (κ3) is 5.02. The Kier molecular flexibility index (Phi) is 6.18. The number of amides is 2. The molecule has 140 valence electrons. The molecule has 1 aromatic rings. The van der Waals surface area contributed by atoms with Gasteiger partial charge in [-0.15, -0.1) is 0 Å². The lowest BCUT2D eigenvalue weighted by molar-refractivity contribution is -0.136. The molecule has 2 amide bonds. The van der Waals surface area contributed by atoms with Crippen LogP contribution in [0, 0.1) is 20.8 Å². The smallest absolute Gasteiger partial charge is 0.223 e. The average Bonchev–Trinajstić information content (AvgIpc) is 2.70. The number of rotatable bonds is 5. The van der Waals surface area contributed by atoms with Crippen molar-refractivity contribution in [2.45, 2.75) is 46.3 Å². The fourth-order valence-corrected chi connectivity index (χ4v) is 2.96. The summed E-state index contributed by atoms with van der Waals surface area (Å²) < 4.78 is 7.23. The highest BCUT2D eigenvalue weighted by atomic mass is 16.5. The summed E-state index contributed by atoms with van der Waals surface area (Å²) >= 11 is 0. The van der Waals surface area contributed by atoms with E-state index in [2.05, 4.69) is 10.4 Å². The van der Waals surface area contributed by atoms with Crippen LogP contribution in [0.1, 0.15) is 30.3 Å². The molecule has 1 fully saturated rings. The Morgan fingerprint density at radius 3 is 2.68 bits per heavy atom. The molecule has 0 radical (unpaired) electrons. The molecule has 0 unspecified atom stereocenters. The number of nitrogens with one attached hydrogen (secondary N) is 1. The van der Waals surface area contributed by atoms with Crippen molar-refractivity contribution >= 4 is 11.8 Å². The second-order valence-electron chi connectivity index (χ2n) is 6.76. The van der Waals surface area contributed by atoms with Gasteiger partial charge in [-0.3, -0.25) is 14.3 Å². The molecule has 2 rings (SSSR count). The average molecular weight is 352 g/mol. The SMILES string of the molecule is CC(=O)N1CCOC[C@@](O)(CC(=O)NCCn2nc(C)c(C)c2C)C1. The van der Waals surface area contributed by atoms with Crippen LogP contribution in [0.3, 0.4) is 0 Å². The number of hydrogen-bond donors (Lipinski definition) is 2. The van der Waals surface area contributed by atoms with Gasteiger partial charge in [0.15, 0.2) is 0 Å². The fraction of sp³-hybridized carbons (Fsp3) is 0.706. The van der Waals surface area contributed by atoms with Gasteiger partial charge in [0.2, 0.25) is 11.8 Å². The number of β-amino-alcohol motifs (C(OH)–C–C–N with tert-alkyl or cyclic N) is 1. The molecule has 0 spiro atoms. The van der Waals surface area contributed by atoms with E-state index in [0.29, 0.717) is 26.2 Å². The van der Waals surface area contributed by atoms with Gasteiger partial charge in [-0.25, -0.2) is 0 Å². The first-order valence-corrected chi connectivity index (χ1v) is 8.55. The van der Waals surface area contributed by atoms with Crippen LogP contribution in [0.15, 0.2) is 0 Å². The van der Waals surface area contributed by atoms with E-state index in [9.17, 15) is 14.7 Å². The fourth-order valence-electron chi connectivity index (χ4n) is 2.96. The quantitative estimate of drug-likeness (QED) is 0.773. The number of aromatic nitrogens is 2. The van der Waals surface area contributed by atoms with Crippen molar-refractivity contribution in [3.8, 4) is 0 Å². The molecule has 1 atom stereocenters. The van der Waals surface area contributed by atoms with Crippen LogP contribution in [0.25, 0.3) is 0 Å². The molecule has 2 heterocycles. The Labute approximate surface area is 148 Å². The second kappa shape index (κ2) is 7.97. The highest BCUT2D eigenvalue weighted by molar-refractivity contribution is 5.77. The molecule has 25 heavy (non-hydrogen) atoms. The van der Waals surface area contributed by atoms with Crippen molar-refractivity contribution in [2.75, 3.05) is 32.8 Å². The molecule has 0 bridgehead atoms. The van der Waals surface area contributed by atoms with Crippen LogP contribution in [-0.4, -0.2) is 70.1 Å². The highest BCUT2D eigenvalue weighted by Crippen LogP contribution is 2.17. The minimum absolute atomic E-state index is 0.0425. The van der Waals surface area contributed by atoms with Crippen LogP contribution < -0.4 is 5.32 Å². The summed E-state index contributed by atoms with van der Waals surface area (Å²) in [6.07, 6.45) is -0.104. The number of ether oxygens (including phenoxy) is 1. The van der Waals surface area contributed by atoms with Gasteiger partial charge >= 0.3 is 0 Å². The summed E-state index contributed by atoms with van der Waals surface area (Å²) in [4.78, 5) is 25.3. The maximum Gasteiger partial charge on any atom is 0.223 e. The van der Waals surface area contributed by atoms with Gasteiger partial charge < -0.3 is 20.1 Å². The number of carbonyl (C=O) groups excluding carboxylic acids is 2. The molecule has 1 saturated heterocycles. The summed E-state index contributed by atoms with van der Waals surface area (Å²) in [5.74, 6) is -0.404. The van der Waals surface area contributed by atoms with Crippen molar-refractivity contribution in [1.82, 2.24) is 20.0 Å². The van der Waals surface area contributed by atoms with E-state index < -0.39 is 5.60 Å². The third-order valence-corrected chi connectivity index (χ3v) is 4.69. The maximum atomic E-state index is 12.2. The number of aliphatic hydroxyl groups is 1. The zero-order chi connectivity index (χ0) is 18.6. The molecule has 0 saturated carbocycles. The minimum Gasteiger partial charge on any atom is -0.385 e. The van der Waals surface area contributed by atoms with E-state index in [1.807, 2.05) is 25.5 Å². The lowest BCUT2D eigenvalue weighted by Crippen LogP contribution is -2.49. The standard InChI is InChI=1S/C17H28N4O4/c1-12-13(2)19-21(14(12)3)6-5-18-16(23)9-17(24)10-20(15(4)22)7-8-25-11-17/h24H,5-11H2,1-4H3,(H,18,23)/t17-/m1/s1. The molecule has 1 aromatic heterocycles.